The molecular formula is C8H11NO5. The monoisotopic (exact) mass is 201 g/mol. The van der Waals surface area contributed by atoms with Gasteiger partial charge in [-0.2, -0.15) is 0 Å². The highest BCUT2D eigenvalue weighted by atomic mass is 16.5. The number of rotatable bonds is 3. The number of hydrogen-bond donors (Lipinski definition) is 2. The first kappa shape index (κ1) is 10.5. The van der Waals surface area contributed by atoms with Crippen molar-refractivity contribution in [2.75, 3.05) is 7.11 Å². The van der Waals surface area contributed by atoms with Crippen LogP contribution in [0.25, 0.3) is 0 Å². The number of carboxylic acid groups (broad SMARTS) is 1. The molecule has 1 rings (SSSR count). The number of aliphatic carboxylic acids is 1. The van der Waals surface area contributed by atoms with E-state index in [4.69, 9.17) is 5.11 Å². The number of carbonyl (C=O) groups is 3. The van der Waals surface area contributed by atoms with E-state index in [0.29, 0.717) is 0 Å². The number of amides is 1. The van der Waals surface area contributed by atoms with Gasteiger partial charge in [0.05, 0.1) is 25.5 Å². The Labute approximate surface area is 80.2 Å². The van der Waals surface area contributed by atoms with Gasteiger partial charge in [-0.15, -0.1) is 0 Å². The van der Waals surface area contributed by atoms with E-state index >= 15 is 0 Å². The summed E-state index contributed by atoms with van der Waals surface area (Å²) in [6.07, 6.45) is -0.170. The third kappa shape index (κ3) is 2.21. The van der Waals surface area contributed by atoms with Crippen LogP contribution in [0.5, 0.6) is 0 Å². The van der Waals surface area contributed by atoms with Crippen LogP contribution in [0.15, 0.2) is 0 Å². The second kappa shape index (κ2) is 4.08. The van der Waals surface area contributed by atoms with Crippen molar-refractivity contribution in [3.05, 3.63) is 0 Å². The molecule has 6 heteroatoms. The molecule has 1 saturated heterocycles. The molecule has 1 amide bonds. The summed E-state index contributed by atoms with van der Waals surface area (Å²) in [4.78, 5) is 32.5. The van der Waals surface area contributed by atoms with Gasteiger partial charge in [-0.1, -0.05) is 0 Å². The summed E-state index contributed by atoms with van der Waals surface area (Å²) in [5.41, 5.74) is 0. The van der Waals surface area contributed by atoms with Gasteiger partial charge in [0.2, 0.25) is 5.91 Å². The summed E-state index contributed by atoms with van der Waals surface area (Å²) in [5, 5.41) is 11.2. The zero-order chi connectivity index (χ0) is 10.7. The number of nitrogens with one attached hydrogen (secondary N) is 1. The summed E-state index contributed by atoms with van der Waals surface area (Å²) in [5.74, 6) is -2.77. The maximum atomic E-state index is 10.9. The molecule has 0 spiro atoms. The highest BCUT2D eigenvalue weighted by molar-refractivity contribution is 5.88. The summed E-state index contributed by atoms with van der Waals surface area (Å²) in [6, 6.07) is -0.646. The van der Waals surface area contributed by atoms with Gasteiger partial charge in [0.15, 0.2) is 0 Å². The minimum absolute atomic E-state index is 0.0724. The highest BCUT2D eigenvalue weighted by Crippen LogP contribution is 2.19. The first-order chi connectivity index (χ1) is 6.54. The number of ether oxygens (including phenoxy) is 1. The van der Waals surface area contributed by atoms with Crippen molar-refractivity contribution in [1.82, 2.24) is 5.32 Å². The number of carbonyl (C=O) groups excluding carboxylic acids is 2. The Hall–Kier alpha value is -1.59. The Morgan fingerprint density at radius 3 is 2.79 bits per heavy atom. The van der Waals surface area contributed by atoms with Gasteiger partial charge in [0.1, 0.15) is 0 Å². The van der Waals surface area contributed by atoms with E-state index in [0.717, 1.165) is 0 Å². The van der Waals surface area contributed by atoms with Crippen molar-refractivity contribution in [2.24, 2.45) is 5.92 Å². The van der Waals surface area contributed by atoms with Crippen molar-refractivity contribution in [1.29, 1.82) is 0 Å². The number of carboxylic acids is 1. The Bertz CT molecular complexity index is 275. The van der Waals surface area contributed by atoms with Gasteiger partial charge in [0, 0.05) is 6.42 Å². The van der Waals surface area contributed by atoms with Crippen LogP contribution in [0.3, 0.4) is 0 Å². The average Bonchev–Trinajstić information content (AvgIpc) is 2.46. The van der Waals surface area contributed by atoms with Crippen molar-refractivity contribution in [3.8, 4) is 0 Å². The van der Waals surface area contributed by atoms with E-state index in [9.17, 15) is 14.4 Å². The predicted octanol–water partition coefficient (Wildman–Crippen LogP) is -0.861. The van der Waals surface area contributed by atoms with E-state index in [1.54, 1.807) is 0 Å². The lowest BCUT2D eigenvalue weighted by molar-refractivity contribution is -0.144. The van der Waals surface area contributed by atoms with Crippen molar-refractivity contribution < 1.29 is 24.2 Å². The van der Waals surface area contributed by atoms with Gasteiger partial charge in [-0.25, -0.2) is 0 Å². The van der Waals surface area contributed by atoms with Crippen LogP contribution in [0, 0.1) is 5.92 Å². The molecule has 0 aliphatic carbocycles. The Kier molecular flexibility index (Phi) is 3.06. The topological polar surface area (TPSA) is 92.7 Å². The normalized spacial score (nSPS) is 25.6. The summed E-state index contributed by atoms with van der Waals surface area (Å²) in [7, 11) is 1.22. The Balaban J connectivity index is 2.62. The van der Waals surface area contributed by atoms with Gasteiger partial charge in [0.25, 0.3) is 0 Å². The summed E-state index contributed by atoms with van der Waals surface area (Å²) < 4.78 is 4.39. The van der Waals surface area contributed by atoms with Crippen molar-refractivity contribution in [2.45, 2.75) is 18.9 Å². The van der Waals surface area contributed by atoms with Crippen LogP contribution in [0.1, 0.15) is 12.8 Å². The molecule has 0 radical (unpaired) electrons. The zero-order valence-corrected chi connectivity index (χ0v) is 7.65. The maximum absolute atomic E-state index is 10.9. The number of esters is 1. The lowest BCUT2D eigenvalue weighted by Gasteiger charge is -2.13. The molecule has 1 aliphatic heterocycles. The minimum atomic E-state index is -1.07. The average molecular weight is 201 g/mol. The minimum Gasteiger partial charge on any atom is -0.481 e. The molecule has 78 valence electrons. The molecule has 1 fully saturated rings. The molecule has 0 bridgehead atoms. The highest BCUT2D eigenvalue weighted by Gasteiger charge is 2.38. The number of hydrogen-bond acceptors (Lipinski definition) is 4. The largest absolute Gasteiger partial charge is 0.481 e. The molecular weight excluding hydrogens is 190 g/mol. The lowest BCUT2D eigenvalue weighted by atomic mass is 9.98. The van der Waals surface area contributed by atoms with Gasteiger partial charge in [-0.3, -0.25) is 14.4 Å². The molecule has 14 heavy (non-hydrogen) atoms. The fourth-order valence-corrected chi connectivity index (χ4v) is 1.42. The Morgan fingerprint density at radius 2 is 2.29 bits per heavy atom. The van der Waals surface area contributed by atoms with E-state index in [2.05, 4.69) is 10.1 Å². The van der Waals surface area contributed by atoms with Crippen LogP contribution in [0.4, 0.5) is 0 Å². The van der Waals surface area contributed by atoms with Crippen molar-refractivity contribution >= 4 is 17.8 Å². The molecule has 0 aromatic heterocycles. The van der Waals surface area contributed by atoms with Crippen LogP contribution in [-0.4, -0.2) is 36.1 Å². The lowest BCUT2D eigenvalue weighted by Crippen LogP contribution is -2.34. The SMILES string of the molecule is COC(=O)C[C@@H]1NC(=O)C[C@H]1C(=O)O. The standard InChI is InChI=1S/C8H11NO5/c1-14-7(11)3-5-4(8(12)13)2-6(10)9-5/h4-5H,2-3H2,1H3,(H,9,10)(H,12,13)/t4-,5+/m1/s1. The van der Waals surface area contributed by atoms with Crippen LogP contribution in [-0.2, 0) is 19.1 Å². The molecule has 1 heterocycles. The first-order valence-corrected chi connectivity index (χ1v) is 4.13. The van der Waals surface area contributed by atoms with Crippen LogP contribution in [0.2, 0.25) is 0 Å². The van der Waals surface area contributed by atoms with Gasteiger partial charge < -0.3 is 15.2 Å². The summed E-state index contributed by atoms with van der Waals surface area (Å²) in [6.45, 7) is 0. The van der Waals surface area contributed by atoms with E-state index in [1.807, 2.05) is 0 Å². The second-order valence-corrected chi connectivity index (χ2v) is 3.10. The Morgan fingerprint density at radius 1 is 1.64 bits per heavy atom. The maximum Gasteiger partial charge on any atom is 0.309 e. The first-order valence-electron chi connectivity index (χ1n) is 4.13. The molecule has 0 aromatic rings. The molecule has 0 unspecified atom stereocenters. The molecule has 0 saturated carbocycles. The third-order valence-electron chi connectivity index (χ3n) is 2.17. The van der Waals surface area contributed by atoms with E-state index < -0.39 is 23.9 Å². The van der Waals surface area contributed by atoms with E-state index in [1.165, 1.54) is 7.11 Å². The number of methoxy groups -OCH3 is 1. The molecule has 2 N–H and O–H groups in total. The molecule has 1 aliphatic rings. The fraction of sp³-hybridized carbons (Fsp3) is 0.625. The van der Waals surface area contributed by atoms with Crippen LogP contribution < -0.4 is 5.32 Å². The predicted molar refractivity (Wildman–Crippen MR) is 44.3 cm³/mol. The molecule has 0 aromatic carbocycles. The third-order valence-corrected chi connectivity index (χ3v) is 2.17. The van der Waals surface area contributed by atoms with E-state index in [-0.39, 0.29) is 18.7 Å². The van der Waals surface area contributed by atoms with Gasteiger partial charge >= 0.3 is 11.9 Å². The summed E-state index contributed by atoms with van der Waals surface area (Å²) >= 11 is 0. The quantitative estimate of drug-likeness (QED) is 0.579. The smallest absolute Gasteiger partial charge is 0.309 e. The molecule has 2 atom stereocenters. The second-order valence-electron chi connectivity index (χ2n) is 3.10. The van der Waals surface area contributed by atoms with Crippen LogP contribution >= 0.6 is 0 Å². The zero-order valence-electron chi connectivity index (χ0n) is 7.65. The van der Waals surface area contributed by atoms with Crippen molar-refractivity contribution in [3.63, 3.8) is 0 Å². The fourth-order valence-electron chi connectivity index (χ4n) is 1.42. The molecule has 6 nitrogen and oxygen atoms in total. The van der Waals surface area contributed by atoms with Gasteiger partial charge in [-0.05, 0) is 0 Å².